The number of hydrogen-bond donors (Lipinski definition) is 1. The number of aromatic nitrogens is 1. The van der Waals surface area contributed by atoms with Crippen molar-refractivity contribution in [1.29, 1.82) is 0 Å². The molecule has 3 heteroatoms. The molecule has 0 radical (unpaired) electrons. The van der Waals surface area contributed by atoms with E-state index in [4.69, 9.17) is 0 Å². The van der Waals surface area contributed by atoms with Gasteiger partial charge in [-0.2, -0.15) is 0 Å². The van der Waals surface area contributed by atoms with Crippen molar-refractivity contribution in [2.24, 2.45) is 0 Å². The van der Waals surface area contributed by atoms with Crippen LogP contribution in [0.2, 0.25) is 0 Å². The second kappa shape index (κ2) is 6.16. The summed E-state index contributed by atoms with van der Waals surface area (Å²) in [4.78, 5) is 6.80. The lowest BCUT2D eigenvalue weighted by Crippen LogP contribution is -2.44. The topological polar surface area (TPSA) is 28.2 Å². The number of nitrogens with one attached hydrogen (secondary N) is 1. The summed E-state index contributed by atoms with van der Waals surface area (Å²) in [5.74, 6) is 0. The van der Waals surface area contributed by atoms with Crippen LogP contribution in [-0.2, 0) is 0 Å². The molecule has 20 heavy (non-hydrogen) atoms. The molecule has 0 saturated carbocycles. The fourth-order valence-corrected chi connectivity index (χ4v) is 2.91. The molecule has 1 aromatic carbocycles. The van der Waals surface area contributed by atoms with Gasteiger partial charge in [0.25, 0.3) is 0 Å². The van der Waals surface area contributed by atoms with E-state index in [2.05, 4.69) is 52.5 Å². The first kappa shape index (κ1) is 13.3. The van der Waals surface area contributed by atoms with Crippen molar-refractivity contribution in [3.8, 4) is 11.1 Å². The van der Waals surface area contributed by atoms with Gasteiger partial charge in [-0.15, -0.1) is 0 Å². The van der Waals surface area contributed by atoms with E-state index in [9.17, 15) is 0 Å². The number of rotatable bonds is 3. The molecule has 2 heterocycles. The molecule has 0 bridgehead atoms. The van der Waals surface area contributed by atoms with Crippen molar-refractivity contribution in [3.63, 3.8) is 0 Å². The number of pyridine rings is 1. The predicted molar refractivity (Wildman–Crippen MR) is 82.5 cm³/mol. The molecule has 3 rings (SSSR count). The predicted octanol–water partition coefficient (Wildman–Crippen LogP) is 2.71. The number of hydrogen-bond acceptors (Lipinski definition) is 3. The molecule has 1 saturated heterocycles. The minimum absolute atomic E-state index is 0.438. The van der Waals surface area contributed by atoms with E-state index in [1.54, 1.807) is 0 Å². The second-order valence-corrected chi connectivity index (χ2v) is 5.29. The summed E-state index contributed by atoms with van der Waals surface area (Å²) in [7, 11) is 0. The van der Waals surface area contributed by atoms with E-state index >= 15 is 0 Å². The largest absolute Gasteiger partial charge is 0.314 e. The molecule has 1 aliphatic rings. The van der Waals surface area contributed by atoms with Gasteiger partial charge in [-0.05, 0) is 24.1 Å². The van der Waals surface area contributed by atoms with Crippen molar-refractivity contribution in [2.45, 2.75) is 13.0 Å². The van der Waals surface area contributed by atoms with Crippen LogP contribution in [0.4, 0.5) is 0 Å². The highest BCUT2D eigenvalue weighted by molar-refractivity contribution is 5.67. The molecular weight excluding hydrogens is 246 g/mol. The van der Waals surface area contributed by atoms with Gasteiger partial charge in [-0.25, -0.2) is 0 Å². The van der Waals surface area contributed by atoms with Crippen LogP contribution in [0.5, 0.6) is 0 Å². The van der Waals surface area contributed by atoms with Gasteiger partial charge in [0.2, 0.25) is 0 Å². The van der Waals surface area contributed by atoms with Crippen LogP contribution in [0.25, 0.3) is 11.1 Å². The van der Waals surface area contributed by atoms with E-state index in [1.807, 2.05) is 18.5 Å². The van der Waals surface area contributed by atoms with Gasteiger partial charge in [0, 0.05) is 50.2 Å². The van der Waals surface area contributed by atoms with Gasteiger partial charge in [-0.3, -0.25) is 9.88 Å². The first-order valence-electron chi connectivity index (χ1n) is 7.30. The summed E-state index contributed by atoms with van der Waals surface area (Å²) >= 11 is 0. The Hall–Kier alpha value is -1.71. The van der Waals surface area contributed by atoms with Crippen LogP contribution < -0.4 is 5.32 Å². The molecule has 0 aliphatic carbocycles. The standard InChI is InChI=1S/C17H21N3/c1-14(20-11-9-18-10-12-20)16-6-2-3-7-17(16)15-5-4-8-19-13-15/h2-8,13-14,18H,9-12H2,1H3. The highest BCUT2D eigenvalue weighted by Crippen LogP contribution is 2.30. The fourth-order valence-electron chi connectivity index (χ4n) is 2.91. The van der Waals surface area contributed by atoms with Gasteiger partial charge in [0.1, 0.15) is 0 Å². The molecule has 3 nitrogen and oxygen atoms in total. The summed E-state index contributed by atoms with van der Waals surface area (Å²) < 4.78 is 0. The smallest absolute Gasteiger partial charge is 0.0346 e. The number of piperazine rings is 1. The van der Waals surface area contributed by atoms with Gasteiger partial charge in [-0.1, -0.05) is 30.3 Å². The van der Waals surface area contributed by atoms with Crippen molar-refractivity contribution >= 4 is 0 Å². The first-order valence-corrected chi connectivity index (χ1v) is 7.30. The molecule has 1 fully saturated rings. The molecule has 1 unspecified atom stereocenters. The molecule has 1 atom stereocenters. The Morgan fingerprint density at radius 2 is 1.90 bits per heavy atom. The van der Waals surface area contributed by atoms with E-state index in [0.29, 0.717) is 6.04 Å². The summed E-state index contributed by atoms with van der Waals surface area (Å²) in [5.41, 5.74) is 3.89. The number of nitrogens with zero attached hydrogens (tertiary/aromatic N) is 2. The summed E-state index contributed by atoms with van der Waals surface area (Å²) in [6, 6.07) is 13.3. The Bertz CT molecular complexity index is 547. The second-order valence-electron chi connectivity index (χ2n) is 5.29. The summed E-state index contributed by atoms with van der Waals surface area (Å²) in [6.07, 6.45) is 3.77. The van der Waals surface area contributed by atoms with Gasteiger partial charge < -0.3 is 5.32 Å². The lowest BCUT2D eigenvalue weighted by atomic mass is 9.95. The van der Waals surface area contributed by atoms with Crippen LogP contribution in [0, 0.1) is 0 Å². The highest BCUT2D eigenvalue weighted by atomic mass is 15.2. The Kier molecular flexibility index (Phi) is 4.09. The van der Waals surface area contributed by atoms with Gasteiger partial charge >= 0.3 is 0 Å². The maximum atomic E-state index is 4.25. The minimum atomic E-state index is 0.438. The average molecular weight is 267 g/mol. The molecule has 0 spiro atoms. The highest BCUT2D eigenvalue weighted by Gasteiger charge is 2.20. The summed E-state index contributed by atoms with van der Waals surface area (Å²) in [6.45, 7) is 6.70. The van der Waals surface area contributed by atoms with E-state index in [0.717, 1.165) is 26.2 Å². The Labute approximate surface area is 120 Å². The lowest BCUT2D eigenvalue weighted by Gasteiger charge is -2.34. The first-order chi connectivity index (χ1) is 9.86. The van der Waals surface area contributed by atoms with Crippen LogP contribution in [0.1, 0.15) is 18.5 Å². The van der Waals surface area contributed by atoms with E-state index in [-0.39, 0.29) is 0 Å². The van der Waals surface area contributed by atoms with Crippen LogP contribution in [0.15, 0.2) is 48.8 Å². The maximum absolute atomic E-state index is 4.25. The fraction of sp³-hybridized carbons (Fsp3) is 0.353. The van der Waals surface area contributed by atoms with E-state index < -0.39 is 0 Å². The molecular formula is C17H21N3. The average Bonchev–Trinajstić information content (AvgIpc) is 2.56. The lowest BCUT2D eigenvalue weighted by molar-refractivity contribution is 0.186. The normalized spacial score (nSPS) is 17.9. The van der Waals surface area contributed by atoms with Crippen LogP contribution in [0.3, 0.4) is 0 Å². The van der Waals surface area contributed by atoms with Gasteiger partial charge in [0.15, 0.2) is 0 Å². The Morgan fingerprint density at radius 1 is 1.10 bits per heavy atom. The molecule has 1 aromatic heterocycles. The third kappa shape index (κ3) is 2.74. The van der Waals surface area contributed by atoms with Crippen LogP contribution in [-0.4, -0.2) is 36.1 Å². The maximum Gasteiger partial charge on any atom is 0.0346 e. The zero-order chi connectivity index (χ0) is 13.8. The SMILES string of the molecule is CC(c1ccccc1-c1cccnc1)N1CCNCC1. The Morgan fingerprint density at radius 3 is 2.65 bits per heavy atom. The molecule has 104 valence electrons. The van der Waals surface area contributed by atoms with Crippen molar-refractivity contribution < 1.29 is 0 Å². The monoisotopic (exact) mass is 267 g/mol. The quantitative estimate of drug-likeness (QED) is 0.927. The zero-order valence-corrected chi connectivity index (χ0v) is 11.9. The van der Waals surface area contributed by atoms with Crippen LogP contribution >= 0.6 is 0 Å². The molecule has 2 aromatic rings. The van der Waals surface area contributed by atoms with Crippen molar-refractivity contribution in [1.82, 2.24) is 15.2 Å². The third-order valence-corrected chi connectivity index (χ3v) is 4.08. The third-order valence-electron chi connectivity index (χ3n) is 4.08. The number of benzene rings is 1. The molecule has 1 aliphatic heterocycles. The van der Waals surface area contributed by atoms with Gasteiger partial charge in [0.05, 0.1) is 0 Å². The Balaban J connectivity index is 1.93. The zero-order valence-electron chi connectivity index (χ0n) is 11.9. The minimum Gasteiger partial charge on any atom is -0.314 e. The molecule has 0 amide bonds. The molecule has 1 N–H and O–H groups in total. The van der Waals surface area contributed by atoms with Crippen molar-refractivity contribution in [3.05, 3.63) is 54.4 Å². The van der Waals surface area contributed by atoms with E-state index in [1.165, 1.54) is 16.7 Å². The van der Waals surface area contributed by atoms with Crippen molar-refractivity contribution in [2.75, 3.05) is 26.2 Å². The summed E-state index contributed by atoms with van der Waals surface area (Å²) in [5, 5.41) is 3.42.